The lowest BCUT2D eigenvalue weighted by molar-refractivity contribution is -0.141. The average molecular weight is 355 g/mol. The standard InChI is InChI=1S/C16H16ClFN2O4/c17-12-2-1-11(6-13(12)18)20-8-10(5-14(20)21)15(22)19-4-3-9(7-19)16(23)24/h1-2,6,9-10H,3-5,7-8H2,(H,23,24). The molecule has 2 amide bonds. The Morgan fingerprint density at radius 1 is 1.25 bits per heavy atom. The molecule has 2 aliphatic heterocycles. The number of rotatable bonds is 3. The van der Waals surface area contributed by atoms with E-state index >= 15 is 0 Å². The van der Waals surface area contributed by atoms with Crippen molar-refractivity contribution in [2.75, 3.05) is 24.5 Å². The van der Waals surface area contributed by atoms with E-state index in [4.69, 9.17) is 16.7 Å². The summed E-state index contributed by atoms with van der Waals surface area (Å²) in [4.78, 5) is 38.6. The molecular formula is C16H16ClFN2O4. The first kappa shape index (κ1) is 16.7. The van der Waals surface area contributed by atoms with Crippen LogP contribution in [-0.4, -0.2) is 47.4 Å². The van der Waals surface area contributed by atoms with E-state index in [0.717, 1.165) is 0 Å². The van der Waals surface area contributed by atoms with E-state index in [0.29, 0.717) is 18.7 Å². The zero-order chi connectivity index (χ0) is 17.4. The monoisotopic (exact) mass is 354 g/mol. The number of anilines is 1. The zero-order valence-corrected chi connectivity index (χ0v) is 13.5. The number of hydrogen-bond acceptors (Lipinski definition) is 3. The van der Waals surface area contributed by atoms with Crippen molar-refractivity contribution in [2.45, 2.75) is 12.8 Å². The molecule has 2 heterocycles. The molecular weight excluding hydrogens is 339 g/mol. The number of benzene rings is 1. The van der Waals surface area contributed by atoms with Crippen molar-refractivity contribution < 1.29 is 23.9 Å². The molecule has 2 saturated heterocycles. The second-order valence-corrected chi connectivity index (χ2v) is 6.52. The summed E-state index contributed by atoms with van der Waals surface area (Å²) in [5.74, 6) is -3.10. The molecule has 0 aromatic heterocycles. The van der Waals surface area contributed by atoms with Crippen molar-refractivity contribution in [1.29, 1.82) is 0 Å². The number of halogens is 2. The van der Waals surface area contributed by atoms with Gasteiger partial charge in [-0.3, -0.25) is 14.4 Å². The van der Waals surface area contributed by atoms with E-state index in [9.17, 15) is 18.8 Å². The van der Waals surface area contributed by atoms with Crippen LogP contribution in [0.5, 0.6) is 0 Å². The summed E-state index contributed by atoms with van der Waals surface area (Å²) < 4.78 is 13.6. The number of amides is 2. The van der Waals surface area contributed by atoms with Gasteiger partial charge in [0.25, 0.3) is 0 Å². The summed E-state index contributed by atoms with van der Waals surface area (Å²) in [5.41, 5.74) is 0.363. The molecule has 0 saturated carbocycles. The van der Waals surface area contributed by atoms with Gasteiger partial charge in [-0.15, -0.1) is 0 Å². The summed E-state index contributed by atoms with van der Waals surface area (Å²) >= 11 is 5.64. The van der Waals surface area contributed by atoms with Crippen molar-refractivity contribution in [3.63, 3.8) is 0 Å². The maximum Gasteiger partial charge on any atom is 0.308 e. The van der Waals surface area contributed by atoms with Gasteiger partial charge in [-0.05, 0) is 24.6 Å². The Morgan fingerprint density at radius 3 is 2.62 bits per heavy atom. The van der Waals surface area contributed by atoms with Crippen molar-refractivity contribution in [2.24, 2.45) is 11.8 Å². The lowest BCUT2D eigenvalue weighted by Crippen LogP contribution is -2.36. The van der Waals surface area contributed by atoms with Crippen LogP contribution in [0.25, 0.3) is 0 Å². The van der Waals surface area contributed by atoms with Crippen LogP contribution in [0.3, 0.4) is 0 Å². The van der Waals surface area contributed by atoms with Crippen LogP contribution in [0.2, 0.25) is 5.02 Å². The van der Waals surface area contributed by atoms with Crippen LogP contribution in [0.15, 0.2) is 18.2 Å². The first-order valence-electron chi connectivity index (χ1n) is 7.64. The predicted molar refractivity (Wildman–Crippen MR) is 84.2 cm³/mol. The highest BCUT2D eigenvalue weighted by Crippen LogP contribution is 2.30. The number of aliphatic carboxylic acids is 1. The predicted octanol–water partition coefficient (Wildman–Crippen LogP) is 1.77. The van der Waals surface area contributed by atoms with Gasteiger partial charge in [0.15, 0.2) is 0 Å². The van der Waals surface area contributed by atoms with E-state index in [1.807, 2.05) is 0 Å². The van der Waals surface area contributed by atoms with Crippen molar-refractivity contribution in [3.05, 3.63) is 29.0 Å². The van der Waals surface area contributed by atoms with Gasteiger partial charge in [0.2, 0.25) is 11.8 Å². The van der Waals surface area contributed by atoms with E-state index in [2.05, 4.69) is 0 Å². The van der Waals surface area contributed by atoms with Crippen LogP contribution >= 0.6 is 11.6 Å². The van der Waals surface area contributed by atoms with Crippen LogP contribution < -0.4 is 4.90 Å². The third kappa shape index (κ3) is 3.08. The molecule has 128 valence electrons. The van der Waals surface area contributed by atoms with Gasteiger partial charge in [-0.1, -0.05) is 11.6 Å². The SMILES string of the molecule is O=C(O)C1CCN(C(=O)C2CC(=O)N(c3ccc(Cl)c(F)c3)C2)C1. The molecule has 2 unspecified atom stereocenters. The molecule has 24 heavy (non-hydrogen) atoms. The second kappa shape index (κ2) is 6.39. The van der Waals surface area contributed by atoms with E-state index < -0.39 is 23.6 Å². The number of carboxylic acids is 1. The lowest BCUT2D eigenvalue weighted by Gasteiger charge is -2.21. The summed E-state index contributed by atoms with van der Waals surface area (Å²) in [5, 5.41) is 8.98. The van der Waals surface area contributed by atoms with Gasteiger partial charge >= 0.3 is 5.97 Å². The Balaban J connectivity index is 1.69. The largest absolute Gasteiger partial charge is 0.481 e. The maximum absolute atomic E-state index is 13.6. The van der Waals surface area contributed by atoms with Gasteiger partial charge in [-0.25, -0.2) is 4.39 Å². The zero-order valence-electron chi connectivity index (χ0n) is 12.7. The third-order valence-corrected chi connectivity index (χ3v) is 4.84. The molecule has 0 aliphatic carbocycles. The number of nitrogens with zero attached hydrogens (tertiary/aromatic N) is 2. The summed E-state index contributed by atoms with van der Waals surface area (Å²) in [7, 11) is 0. The summed E-state index contributed by atoms with van der Waals surface area (Å²) in [6.07, 6.45) is 0.463. The molecule has 1 aromatic rings. The fourth-order valence-electron chi connectivity index (χ4n) is 3.20. The smallest absolute Gasteiger partial charge is 0.308 e. The normalized spacial score (nSPS) is 23.8. The lowest BCUT2D eigenvalue weighted by atomic mass is 10.1. The molecule has 8 heteroatoms. The van der Waals surface area contributed by atoms with E-state index in [-0.39, 0.29) is 36.3 Å². The minimum Gasteiger partial charge on any atom is -0.481 e. The van der Waals surface area contributed by atoms with E-state index in [1.165, 1.54) is 28.0 Å². The van der Waals surface area contributed by atoms with E-state index in [1.54, 1.807) is 0 Å². The number of carbonyl (C=O) groups excluding carboxylic acids is 2. The van der Waals surface area contributed by atoms with Crippen molar-refractivity contribution in [1.82, 2.24) is 4.90 Å². The van der Waals surface area contributed by atoms with Crippen LogP contribution in [0.4, 0.5) is 10.1 Å². The molecule has 0 radical (unpaired) electrons. The number of carbonyl (C=O) groups is 3. The Bertz CT molecular complexity index is 711. The topological polar surface area (TPSA) is 77.9 Å². The van der Waals surface area contributed by atoms with Gasteiger partial charge in [0.05, 0.1) is 16.9 Å². The third-order valence-electron chi connectivity index (χ3n) is 4.54. The molecule has 6 nitrogen and oxygen atoms in total. The highest BCUT2D eigenvalue weighted by Gasteiger charge is 2.40. The molecule has 1 N–H and O–H groups in total. The Labute approximate surface area is 142 Å². The maximum atomic E-state index is 13.6. The fraction of sp³-hybridized carbons (Fsp3) is 0.438. The minimum atomic E-state index is -0.911. The molecule has 2 fully saturated rings. The van der Waals surface area contributed by atoms with Crippen LogP contribution in [0, 0.1) is 17.7 Å². The van der Waals surface area contributed by atoms with Gasteiger partial charge in [0.1, 0.15) is 5.82 Å². The Kier molecular flexibility index (Phi) is 4.45. The highest BCUT2D eigenvalue weighted by molar-refractivity contribution is 6.30. The first-order valence-corrected chi connectivity index (χ1v) is 8.01. The number of carboxylic acid groups (broad SMARTS) is 1. The Morgan fingerprint density at radius 2 is 2.00 bits per heavy atom. The molecule has 2 atom stereocenters. The minimum absolute atomic E-state index is 0.0326. The summed E-state index contributed by atoms with van der Waals surface area (Å²) in [6.45, 7) is 0.720. The molecule has 2 aliphatic rings. The van der Waals surface area contributed by atoms with Crippen LogP contribution in [-0.2, 0) is 14.4 Å². The first-order chi connectivity index (χ1) is 11.4. The molecule has 0 spiro atoms. The van der Waals surface area contributed by atoms with Gasteiger partial charge < -0.3 is 14.9 Å². The molecule has 0 bridgehead atoms. The van der Waals surface area contributed by atoms with Gasteiger partial charge in [0, 0.05) is 31.7 Å². The number of hydrogen-bond donors (Lipinski definition) is 1. The van der Waals surface area contributed by atoms with Gasteiger partial charge in [-0.2, -0.15) is 0 Å². The quantitative estimate of drug-likeness (QED) is 0.897. The average Bonchev–Trinajstić information content (AvgIpc) is 3.16. The molecule has 1 aromatic carbocycles. The molecule has 3 rings (SSSR count). The fourth-order valence-corrected chi connectivity index (χ4v) is 3.31. The Hall–Kier alpha value is -2.15. The van der Waals surface area contributed by atoms with Crippen molar-refractivity contribution in [3.8, 4) is 0 Å². The van der Waals surface area contributed by atoms with Crippen molar-refractivity contribution >= 4 is 35.1 Å². The highest BCUT2D eigenvalue weighted by atomic mass is 35.5. The van der Waals surface area contributed by atoms with Crippen LogP contribution in [0.1, 0.15) is 12.8 Å². The second-order valence-electron chi connectivity index (χ2n) is 6.11. The summed E-state index contributed by atoms with van der Waals surface area (Å²) in [6, 6.07) is 4.07. The number of likely N-dealkylation sites (tertiary alicyclic amines) is 1.